The van der Waals surface area contributed by atoms with Crippen molar-refractivity contribution in [3.63, 3.8) is 0 Å². The fraction of sp³-hybridized carbons (Fsp3) is 1.00. The zero-order valence-electron chi connectivity index (χ0n) is 2.93. The van der Waals surface area contributed by atoms with E-state index in [0.717, 1.165) is 0 Å². The zero-order chi connectivity index (χ0) is 5.21. The molecule has 0 aliphatic carbocycles. The number of hydrogen-bond acceptors (Lipinski definition) is 3. The quantitative estimate of drug-likeness (QED) is 0.338. The summed E-state index contributed by atoms with van der Waals surface area (Å²) in [6.45, 7) is 0. The van der Waals surface area contributed by atoms with E-state index in [1.54, 1.807) is 0 Å². The Bertz CT molecular complexity index is 38.5. The van der Waals surface area contributed by atoms with Crippen molar-refractivity contribution in [1.29, 1.82) is 0 Å². The molecule has 0 aromatic carbocycles. The average Bonchev–Trinajstić information content (AvgIpc) is 1.35. The van der Waals surface area contributed by atoms with Gasteiger partial charge < -0.3 is 15.3 Å². The van der Waals surface area contributed by atoms with Crippen LogP contribution in [0, 0.1) is 0 Å². The van der Waals surface area contributed by atoms with E-state index in [2.05, 4.69) is 15.9 Å². The van der Waals surface area contributed by atoms with Crippen LogP contribution >= 0.6 is 15.9 Å². The predicted molar refractivity (Wildman–Crippen MR) is 23.2 cm³/mol. The fourth-order valence-electron chi connectivity index (χ4n) is 0. The molecule has 0 aliphatic heterocycles. The van der Waals surface area contributed by atoms with Crippen molar-refractivity contribution in [3.05, 3.63) is 0 Å². The third kappa shape index (κ3) is 4.36. The van der Waals surface area contributed by atoms with E-state index in [-0.39, 0.29) is 5.33 Å². The van der Waals surface area contributed by atoms with Gasteiger partial charge in [-0.15, -0.1) is 0 Å². The Morgan fingerprint density at radius 3 is 1.50 bits per heavy atom. The Balaban J connectivity index is 3.17. The first-order valence-corrected chi connectivity index (χ1v) is 2.41. The minimum atomic E-state index is -2.54. The van der Waals surface area contributed by atoms with Crippen molar-refractivity contribution < 1.29 is 15.3 Å². The lowest BCUT2D eigenvalue weighted by atomic mass is 10.7. The maximum atomic E-state index is 7.89. The number of alkyl halides is 1. The van der Waals surface area contributed by atoms with Gasteiger partial charge in [-0.2, -0.15) is 0 Å². The van der Waals surface area contributed by atoms with Crippen LogP contribution in [0.3, 0.4) is 0 Å². The molecule has 3 N–H and O–H groups in total. The smallest absolute Gasteiger partial charge is 0.285 e. The molecule has 0 unspecified atom stereocenters. The molecule has 0 atom stereocenters. The average molecular weight is 157 g/mol. The summed E-state index contributed by atoms with van der Waals surface area (Å²) >= 11 is 2.62. The van der Waals surface area contributed by atoms with Crippen LogP contribution < -0.4 is 0 Å². The normalized spacial score (nSPS) is 12.0. The summed E-state index contributed by atoms with van der Waals surface area (Å²) in [5, 5.41) is 23.4. The van der Waals surface area contributed by atoms with Gasteiger partial charge in [0.05, 0.1) is 5.33 Å². The number of aliphatic hydroxyl groups is 3. The van der Waals surface area contributed by atoms with Crippen LogP contribution in [0.25, 0.3) is 0 Å². The Hall–Kier alpha value is 0.360. The van der Waals surface area contributed by atoms with Crippen LogP contribution in [-0.4, -0.2) is 26.6 Å². The third-order valence-corrected chi connectivity index (χ3v) is 0.932. The number of rotatable bonds is 1. The minimum absolute atomic E-state index is 0.250. The van der Waals surface area contributed by atoms with Crippen molar-refractivity contribution in [2.75, 3.05) is 5.33 Å². The molecule has 0 fully saturated rings. The summed E-state index contributed by atoms with van der Waals surface area (Å²) in [5.74, 6) is -2.54. The lowest BCUT2D eigenvalue weighted by molar-refractivity contribution is -0.292. The maximum absolute atomic E-state index is 7.89. The Labute approximate surface area is 43.4 Å². The summed E-state index contributed by atoms with van der Waals surface area (Å²) in [7, 11) is 0. The Kier molecular flexibility index (Phi) is 1.99. The summed E-state index contributed by atoms with van der Waals surface area (Å²) in [4.78, 5) is 0. The molecule has 6 heavy (non-hydrogen) atoms. The molecular weight excluding hydrogens is 152 g/mol. The Morgan fingerprint density at radius 2 is 1.50 bits per heavy atom. The van der Waals surface area contributed by atoms with Gasteiger partial charge in [-0.3, -0.25) is 0 Å². The van der Waals surface area contributed by atoms with Crippen LogP contribution in [0.2, 0.25) is 0 Å². The molecule has 0 aliphatic rings. The molecule has 0 heterocycles. The van der Waals surface area contributed by atoms with Gasteiger partial charge in [0.15, 0.2) is 0 Å². The molecule has 4 heteroatoms. The zero-order valence-corrected chi connectivity index (χ0v) is 4.51. The van der Waals surface area contributed by atoms with Crippen LogP contribution in [0.4, 0.5) is 0 Å². The van der Waals surface area contributed by atoms with Crippen molar-refractivity contribution in [2.24, 2.45) is 0 Å². The van der Waals surface area contributed by atoms with E-state index in [0.29, 0.717) is 0 Å². The molecule has 0 amide bonds. The highest BCUT2D eigenvalue weighted by molar-refractivity contribution is 9.09. The van der Waals surface area contributed by atoms with Crippen LogP contribution in [-0.2, 0) is 0 Å². The lowest BCUT2D eigenvalue weighted by Gasteiger charge is -2.06. The minimum Gasteiger partial charge on any atom is -0.343 e. The fourth-order valence-corrected chi connectivity index (χ4v) is 0. The second-order valence-electron chi connectivity index (χ2n) is 0.908. The molecule has 0 aromatic rings. The Morgan fingerprint density at radius 1 is 1.33 bits per heavy atom. The molecule has 38 valence electrons. The van der Waals surface area contributed by atoms with E-state index >= 15 is 0 Å². The van der Waals surface area contributed by atoms with Crippen molar-refractivity contribution in [1.82, 2.24) is 0 Å². The highest BCUT2D eigenvalue weighted by Gasteiger charge is 2.13. The van der Waals surface area contributed by atoms with Gasteiger partial charge in [0.2, 0.25) is 0 Å². The largest absolute Gasteiger partial charge is 0.343 e. The molecule has 3 nitrogen and oxygen atoms in total. The molecule has 0 saturated carbocycles. The number of halogens is 1. The molecular formula is C2H5BrO3. The molecule has 0 spiro atoms. The van der Waals surface area contributed by atoms with Gasteiger partial charge in [0, 0.05) is 0 Å². The SMILES string of the molecule is OC(O)(O)CBr. The standard InChI is InChI=1S/C2H5BrO3/c3-1-2(4,5)6/h4-6H,1H2. The first-order chi connectivity index (χ1) is 2.56. The van der Waals surface area contributed by atoms with Crippen molar-refractivity contribution in [3.8, 4) is 0 Å². The van der Waals surface area contributed by atoms with Crippen LogP contribution in [0.1, 0.15) is 0 Å². The van der Waals surface area contributed by atoms with Gasteiger partial charge in [-0.25, -0.2) is 0 Å². The van der Waals surface area contributed by atoms with E-state index < -0.39 is 5.97 Å². The first-order valence-electron chi connectivity index (χ1n) is 1.29. The predicted octanol–water partition coefficient (Wildman–Crippen LogP) is -0.988. The van der Waals surface area contributed by atoms with E-state index in [4.69, 9.17) is 15.3 Å². The third-order valence-electron chi connectivity index (χ3n) is 0.179. The molecule has 0 aromatic heterocycles. The topological polar surface area (TPSA) is 60.7 Å². The second-order valence-corrected chi connectivity index (χ2v) is 1.47. The maximum Gasteiger partial charge on any atom is 0.285 e. The molecule has 0 saturated heterocycles. The van der Waals surface area contributed by atoms with Crippen molar-refractivity contribution >= 4 is 15.9 Å². The summed E-state index contributed by atoms with van der Waals surface area (Å²) in [6, 6.07) is 0. The molecule has 0 bridgehead atoms. The molecule has 0 radical (unpaired) electrons. The highest BCUT2D eigenvalue weighted by atomic mass is 79.9. The molecule has 0 rings (SSSR count). The van der Waals surface area contributed by atoms with Gasteiger partial charge >= 0.3 is 0 Å². The van der Waals surface area contributed by atoms with E-state index in [9.17, 15) is 0 Å². The van der Waals surface area contributed by atoms with Gasteiger partial charge in [-0.1, -0.05) is 15.9 Å². The van der Waals surface area contributed by atoms with E-state index in [1.165, 1.54) is 0 Å². The first kappa shape index (κ1) is 6.36. The summed E-state index contributed by atoms with van der Waals surface area (Å²) in [6.07, 6.45) is 0. The van der Waals surface area contributed by atoms with Gasteiger partial charge in [0.25, 0.3) is 5.97 Å². The summed E-state index contributed by atoms with van der Waals surface area (Å²) < 4.78 is 0. The van der Waals surface area contributed by atoms with E-state index in [1.807, 2.05) is 0 Å². The second kappa shape index (κ2) is 1.88. The van der Waals surface area contributed by atoms with Gasteiger partial charge in [0.1, 0.15) is 0 Å². The highest BCUT2D eigenvalue weighted by Crippen LogP contribution is 1.95. The number of hydrogen-bond donors (Lipinski definition) is 3. The van der Waals surface area contributed by atoms with Gasteiger partial charge in [-0.05, 0) is 0 Å². The lowest BCUT2D eigenvalue weighted by Crippen LogP contribution is -2.28. The summed E-state index contributed by atoms with van der Waals surface area (Å²) in [5.41, 5.74) is 0. The van der Waals surface area contributed by atoms with Crippen LogP contribution in [0.5, 0.6) is 0 Å². The monoisotopic (exact) mass is 156 g/mol. The van der Waals surface area contributed by atoms with Crippen molar-refractivity contribution in [2.45, 2.75) is 5.97 Å². The van der Waals surface area contributed by atoms with Crippen LogP contribution in [0.15, 0.2) is 0 Å².